The van der Waals surface area contributed by atoms with Crippen LogP contribution in [0.1, 0.15) is 76.5 Å². The number of anilines is 1. The van der Waals surface area contributed by atoms with Gasteiger partial charge in [0.15, 0.2) is 6.29 Å². The van der Waals surface area contributed by atoms with Crippen molar-refractivity contribution in [1.82, 2.24) is 14.9 Å². The van der Waals surface area contributed by atoms with E-state index in [1.54, 1.807) is 30.2 Å². The molecule has 2 saturated heterocycles. The molecule has 242 valence electrons. The summed E-state index contributed by atoms with van der Waals surface area (Å²) in [6.45, 7) is 10.5. The molecule has 0 bridgehead atoms. The molecule has 1 aromatic carbocycles. The molecule has 0 spiro atoms. The minimum atomic E-state index is -4.46. The third-order valence-corrected chi connectivity index (χ3v) is 9.31. The quantitative estimate of drug-likeness (QED) is 0.186. The molecule has 2 atom stereocenters. The number of pyridine rings is 2. The second kappa shape index (κ2) is 14.9. The highest BCUT2D eigenvalue weighted by atomic mass is 35.5. The van der Waals surface area contributed by atoms with Gasteiger partial charge in [-0.05, 0) is 99.9 Å². The van der Waals surface area contributed by atoms with E-state index < -0.39 is 30.0 Å². The third-order valence-electron chi connectivity index (χ3n) is 7.94. The van der Waals surface area contributed by atoms with Crippen molar-refractivity contribution in [2.24, 2.45) is 0 Å². The van der Waals surface area contributed by atoms with Crippen molar-refractivity contribution in [1.29, 1.82) is 0 Å². The fourth-order valence-corrected chi connectivity index (χ4v) is 6.95. The van der Waals surface area contributed by atoms with E-state index in [-0.39, 0.29) is 11.7 Å². The topological polar surface area (TPSA) is 75.6 Å². The molecule has 2 fully saturated rings. The lowest BCUT2D eigenvalue weighted by molar-refractivity contribution is -0.137. The highest BCUT2D eigenvalue weighted by Gasteiger charge is 2.41. The van der Waals surface area contributed by atoms with Crippen molar-refractivity contribution in [2.75, 3.05) is 23.0 Å². The molecule has 3 aromatic rings. The molecule has 0 saturated carbocycles. The molecule has 0 radical (unpaired) electrons. The van der Waals surface area contributed by atoms with Crippen molar-refractivity contribution in [3.05, 3.63) is 86.8 Å². The van der Waals surface area contributed by atoms with Gasteiger partial charge in [-0.3, -0.25) is 9.69 Å². The van der Waals surface area contributed by atoms with Crippen LogP contribution in [0.25, 0.3) is 0 Å². The number of hydrogen-bond donors (Lipinski definition) is 0. The number of halogens is 4. The summed E-state index contributed by atoms with van der Waals surface area (Å²) in [6, 6.07) is 7.57. The van der Waals surface area contributed by atoms with Gasteiger partial charge in [0.25, 0.3) is 0 Å². The smallest absolute Gasteiger partial charge is 0.416 e. The number of carbonyl (C=O) groups excluding carboxylic acids is 2. The Morgan fingerprint density at radius 3 is 2.33 bits per heavy atom. The number of ether oxygens (including phenoxy) is 1. The Balaban J connectivity index is 0.000000392. The first-order valence-electron chi connectivity index (χ1n) is 14.9. The van der Waals surface area contributed by atoms with Gasteiger partial charge in [-0.2, -0.15) is 24.9 Å². The number of rotatable bonds is 7. The third kappa shape index (κ3) is 8.49. The van der Waals surface area contributed by atoms with Gasteiger partial charge in [-0.25, -0.2) is 14.8 Å². The van der Waals surface area contributed by atoms with Gasteiger partial charge in [0.1, 0.15) is 17.1 Å². The molecular formula is C33H38ClF3N4O3S. The fourth-order valence-electron chi connectivity index (χ4n) is 5.72. The van der Waals surface area contributed by atoms with Crippen LogP contribution in [-0.2, 0) is 17.5 Å². The van der Waals surface area contributed by atoms with Crippen LogP contribution < -0.4 is 4.90 Å². The second-order valence-electron chi connectivity index (χ2n) is 11.4. The standard InChI is InChI=1S/C26H32F3N3O2S.C7H6ClNO/c1-5-31(22-6-8-35-9-7-22)24-20(11-17(3)14-30-24)15-32-18(4)23(34-25(32)33)19-10-16(2)12-21(13-19)26(27,28)29;1-5-2-6(4-10)7(8)9-3-5/h10-14,18,22-23H,5-9,15H2,1-4H3;2-4H,1H3/t18-,23-;/m0./s1. The molecular weight excluding hydrogens is 625 g/mol. The maximum atomic E-state index is 13.4. The highest BCUT2D eigenvalue weighted by molar-refractivity contribution is 7.99. The summed E-state index contributed by atoms with van der Waals surface area (Å²) in [5.41, 5.74) is 3.40. The summed E-state index contributed by atoms with van der Waals surface area (Å²) in [5, 5.41) is 0.264. The molecule has 5 rings (SSSR count). The van der Waals surface area contributed by atoms with E-state index in [1.807, 2.05) is 44.8 Å². The molecule has 2 aromatic heterocycles. The summed E-state index contributed by atoms with van der Waals surface area (Å²) < 4.78 is 45.8. The fraction of sp³-hybridized carbons (Fsp3) is 0.455. The van der Waals surface area contributed by atoms with Crippen LogP contribution in [-0.4, -0.2) is 57.4 Å². The maximum absolute atomic E-state index is 13.4. The first-order chi connectivity index (χ1) is 21.3. The SMILES string of the molecule is CCN(c1ncc(C)cc1CN1C(=O)O[C@H](c2cc(C)cc(C(F)(F)F)c2)[C@@H]1C)C1CCSCC1.Cc1cnc(Cl)c(C=O)c1. The van der Waals surface area contributed by atoms with Gasteiger partial charge in [0.05, 0.1) is 23.7 Å². The number of thioether (sulfide) groups is 1. The highest BCUT2D eigenvalue weighted by Crippen LogP contribution is 2.38. The van der Waals surface area contributed by atoms with Gasteiger partial charge >= 0.3 is 12.3 Å². The Labute approximate surface area is 271 Å². The lowest BCUT2D eigenvalue weighted by Gasteiger charge is -2.36. The number of benzene rings is 1. The Bertz CT molecular complexity index is 1520. The molecule has 0 N–H and O–H groups in total. The first-order valence-corrected chi connectivity index (χ1v) is 16.4. The molecule has 4 heterocycles. The van der Waals surface area contributed by atoms with E-state index in [4.69, 9.17) is 21.3 Å². The Morgan fingerprint density at radius 1 is 1.04 bits per heavy atom. The molecule has 1 amide bonds. The number of carbonyl (C=O) groups is 2. The zero-order chi connectivity index (χ0) is 32.9. The van der Waals surface area contributed by atoms with Crippen molar-refractivity contribution in [3.63, 3.8) is 0 Å². The van der Waals surface area contributed by atoms with Gasteiger partial charge in [-0.1, -0.05) is 23.2 Å². The van der Waals surface area contributed by atoms with Crippen LogP contribution >= 0.6 is 23.4 Å². The van der Waals surface area contributed by atoms with Crippen molar-refractivity contribution in [3.8, 4) is 0 Å². The van der Waals surface area contributed by atoms with Crippen molar-refractivity contribution >= 4 is 41.6 Å². The first kappa shape index (κ1) is 34.6. The lowest BCUT2D eigenvalue weighted by Crippen LogP contribution is -2.40. The molecule has 12 heteroatoms. The molecule has 2 aliphatic rings. The Hall–Kier alpha value is -3.31. The van der Waals surface area contributed by atoms with Crippen LogP contribution in [0.5, 0.6) is 0 Å². The van der Waals surface area contributed by atoms with Gasteiger partial charge < -0.3 is 9.64 Å². The minimum Gasteiger partial charge on any atom is -0.439 e. The normalized spacial score (nSPS) is 18.7. The molecule has 0 aliphatic carbocycles. The van der Waals surface area contributed by atoms with Crippen molar-refractivity contribution < 1.29 is 27.5 Å². The predicted octanol–water partition coefficient (Wildman–Crippen LogP) is 8.38. The van der Waals surface area contributed by atoms with Gasteiger partial charge in [-0.15, -0.1) is 0 Å². The number of aldehydes is 1. The largest absolute Gasteiger partial charge is 0.439 e. The van der Waals surface area contributed by atoms with E-state index in [2.05, 4.69) is 16.8 Å². The van der Waals surface area contributed by atoms with E-state index in [9.17, 15) is 22.8 Å². The van der Waals surface area contributed by atoms with E-state index in [0.29, 0.717) is 29.0 Å². The lowest BCUT2D eigenvalue weighted by atomic mass is 9.98. The summed E-state index contributed by atoms with van der Waals surface area (Å²) in [4.78, 5) is 35.6. The number of amides is 1. The number of aromatic nitrogens is 2. The van der Waals surface area contributed by atoms with Crippen LogP contribution in [0, 0.1) is 20.8 Å². The van der Waals surface area contributed by atoms with E-state index >= 15 is 0 Å². The predicted molar refractivity (Wildman–Crippen MR) is 172 cm³/mol. The second-order valence-corrected chi connectivity index (χ2v) is 13.0. The number of hydrogen-bond acceptors (Lipinski definition) is 7. The molecule has 0 unspecified atom stereocenters. The molecule has 2 aliphatic heterocycles. The number of cyclic esters (lactones) is 1. The summed E-state index contributed by atoms with van der Waals surface area (Å²) in [7, 11) is 0. The average molecular weight is 663 g/mol. The van der Waals surface area contributed by atoms with E-state index in [1.165, 1.54) is 0 Å². The van der Waals surface area contributed by atoms with Crippen LogP contribution in [0.2, 0.25) is 5.15 Å². The van der Waals surface area contributed by atoms with E-state index in [0.717, 1.165) is 65.5 Å². The Kier molecular flexibility index (Phi) is 11.4. The summed E-state index contributed by atoms with van der Waals surface area (Å²) >= 11 is 7.52. The summed E-state index contributed by atoms with van der Waals surface area (Å²) in [5.74, 6) is 3.11. The average Bonchev–Trinajstić information content (AvgIpc) is 3.28. The zero-order valence-corrected chi connectivity index (χ0v) is 27.6. The van der Waals surface area contributed by atoms with Crippen molar-refractivity contribution in [2.45, 2.75) is 78.4 Å². The monoisotopic (exact) mass is 662 g/mol. The van der Waals surface area contributed by atoms with Crippen LogP contribution in [0.4, 0.5) is 23.8 Å². The number of nitrogens with zero attached hydrogens (tertiary/aromatic N) is 4. The molecule has 7 nitrogen and oxygen atoms in total. The zero-order valence-electron chi connectivity index (χ0n) is 26.0. The molecule has 45 heavy (non-hydrogen) atoms. The van der Waals surface area contributed by atoms with Crippen LogP contribution in [0.15, 0.2) is 42.7 Å². The van der Waals surface area contributed by atoms with Crippen LogP contribution in [0.3, 0.4) is 0 Å². The van der Waals surface area contributed by atoms with Gasteiger partial charge in [0.2, 0.25) is 0 Å². The minimum absolute atomic E-state index is 0.264. The van der Waals surface area contributed by atoms with Gasteiger partial charge in [0, 0.05) is 30.5 Å². The maximum Gasteiger partial charge on any atom is 0.416 e. The Morgan fingerprint density at radius 2 is 1.71 bits per heavy atom. The summed E-state index contributed by atoms with van der Waals surface area (Å²) in [6.07, 6.45) is 0.579. The number of alkyl halides is 3. The number of aryl methyl sites for hydroxylation is 3.